The smallest absolute Gasteiger partial charge is 0.258 e. The van der Waals surface area contributed by atoms with E-state index in [2.05, 4.69) is 15.1 Å². The van der Waals surface area contributed by atoms with Crippen molar-refractivity contribution in [1.29, 1.82) is 5.26 Å². The SMILES string of the molecule is COC(c1noc(-c2ccnc(C#N)c2)n1)C(C)(C)C. The number of nitriles is 1. The van der Waals surface area contributed by atoms with Crippen molar-refractivity contribution in [2.24, 2.45) is 5.41 Å². The van der Waals surface area contributed by atoms with Gasteiger partial charge in [-0.2, -0.15) is 10.2 Å². The van der Waals surface area contributed by atoms with E-state index in [1.807, 2.05) is 26.8 Å². The van der Waals surface area contributed by atoms with Crippen molar-refractivity contribution in [1.82, 2.24) is 15.1 Å². The number of nitrogens with zero attached hydrogens (tertiary/aromatic N) is 4. The van der Waals surface area contributed by atoms with Gasteiger partial charge in [-0.3, -0.25) is 0 Å². The molecule has 0 aromatic carbocycles. The van der Waals surface area contributed by atoms with Gasteiger partial charge in [-0.25, -0.2) is 4.98 Å². The van der Waals surface area contributed by atoms with Gasteiger partial charge in [0.2, 0.25) is 5.82 Å². The van der Waals surface area contributed by atoms with E-state index in [4.69, 9.17) is 14.5 Å². The second-order valence-electron chi connectivity index (χ2n) is 5.48. The second kappa shape index (κ2) is 5.39. The summed E-state index contributed by atoms with van der Waals surface area (Å²) in [6, 6.07) is 5.30. The molecule has 0 radical (unpaired) electrons. The van der Waals surface area contributed by atoms with Crippen LogP contribution in [-0.4, -0.2) is 22.2 Å². The van der Waals surface area contributed by atoms with Crippen LogP contribution in [0.15, 0.2) is 22.9 Å². The maximum Gasteiger partial charge on any atom is 0.258 e. The summed E-state index contributed by atoms with van der Waals surface area (Å²) in [5.74, 6) is 0.843. The van der Waals surface area contributed by atoms with Crippen molar-refractivity contribution >= 4 is 0 Å². The molecule has 1 atom stereocenters. The minimum atomic E-state index is -0.266. The van der Waals surface area contributed by atoms with Crippen molar-refractivity contribution in [2.45, 2.75) is 26.9 Å². The first-order valence-electron chi connectivity index (χ1n) is 6.18. The number of rotatable bonds is 3. The molecule has 2 rings (SSSR count). The predicted molar refractivity (Wildman–Crippen MR) is 71.4 cm³/mol. The van der Waals surface area contributed by atoms with Crippen molar-refractivity contribution in [3.8, 4) is 17.5 Å². The Balaban J connectivity index is 2.35. The summed E-state index contributed by atoms with van der Waals surface area (Å²) in [5.41, 5.74) is 0.826. The maximum absolute atomic E-state index is 8.85. The summed E-state index contributed by atoms with van der Waals surface area (Å²) >= 11 is 0. The first-order chi connectivity index (χ1) is 9.45. The van der Waals surface area contributed by atoms with E-state index in [0.717, 1.165) is 0 Å². The van der Waals surface area contributed by atoms with Crippen molar-refractivity contribution in [3.63, 3.8) is 0 Å². The highest BCUT2D eigenvalue weighted by Crippen LogP contribution is 2.34. The normalized spacial score (nSPS) is 12.9. The number of hydrogen-bond donors (Lipinski definition) is 0. The topological polar surface area (TPSA) is 84.8 Å². The predicted octanol–water partition coefficient (Wildman–Crippen LogP) is 2.74. The van der Waals surface area contributed by atoms with Gasteiger partial charge < -0.3 is 9.26 Å². The molecule has 0 bridgehead atoms. The molecule has 0 saturated heterocycles. The van der Waals surface area contributed by atoms with Gasteiger partial charge in [-0.1, -0.05) is 25.9 Å². The molecule has 104 valence electrons. The minimum Gasteiger partial charge on any atom is -0.373 e. The monoisotopic (exact) mass is 272 g/mol. The molecule has 2 heterocycles. The van der Waals surface area contributed by atoms with Crippen LogP contribution < -0.4 is 0 Å². The van der Waals surface area contributed by atoms with Gasteiger partial charge in [-0.15, -0.1) is 0 Å². The molecule has 0 spiro atoms. The summed E-state index contributed by atoms with van der Waals surface area (Å²) in [7, 11) is 1.62. The lowest BCUT2D eigenvalue weighted by Crippen LogP contribution is -2.21. The standard InChI is InChI=1S/C14H16N4O2/c1-14(2,3)11(19-4)12-17-13(20-18-12)9-5-6-16-10(7-9)8-15/h5-7,11H,1-4H3. The third-order valence-corrected chi connectivity index (χ3v) is 2.82. The van der Waals surface area contributed by atoms with Gasteiger partial charge in [0.05, 0.1) is 0 Å². The van der Waals surface area contributed by atoms with Crippen molar-refractivity contribution < 1.29 is 9.26 Å². The molecule has 0 aliphatic rings. The Kier molecular flexibility index (Phi) is 3.81. The average Bonchev–Trinajstić information content (AvgIpc) is 2.87. The van der Waals surface area contributed by atoms with Crippen LogP contribution in [0.25, 0.3) is 11.5 Å². The highest BCUT2D eigenvalue weighted by Gasteiger charge is 2.30. The van der Waals surface area contributed by atoms with E-state index in [-0.39, 0.29) is 11.5 Å². The largest absolute Gasteiger partial charge is 0.373 e. The Morgan fingerprint density at radius 2 is 2.15 bits per heavy atom. The summed E-state index contributed by atoms with van der Waals surface area (Å²) in [6.07, 6.45) is 1.27. The Morgan fingerprint density at radius 1 is 1.40 bits per heavy atom. The van der Waals surface area contributed by atoms with Crippen LogP contribution in [0.1, 0.15) is 38.4 Å². The van der Waals surface area contributed by atoms with Crippen molar-refractivity contribution in [3.05, 3.63) is 29.8 Å². The zero-order valence-electron chi connectivity index (χ0n) is 11.9. The average molecular weight is 272 g/mol. The van der Waals surface area contributed by atoms with Gasteiger partial charge >= 0.3 is 0 Å². The molecular formula is C14H16N4O2. The molecular weight excluding hydrogens is 256 g/mol. The van der Waals surface area contributed by atoms with Gasteiger partial charge in [0.15, 0.2) is 0 Å². The third kappa shape index (κ3) is 2.83. The lowest BCUT2D eigenvalue weighted by Gasteiger charge is -2.26. The minimum absolute atomic E-state index is 0.147. The Morgan fingerprint density at radius 3 is 2.75 bits per heavy atom. The van der Waals surface area contributed by atoms with Crippen LogP contribution in [0.4, 0.5) is 0 Å². The summed E-state index contributed by atoms with van der Waals surface area (Å²) in [4.78, 5) is 8.26. The molecule has 0 aliphatic carbocycles. The van der Waals surface area contributed by atoms with Crippen LogP contribution in [0, 0.1) is 16.7 Å². The summed E-state index contributed by atoms with van der Waals surface area (Å²) < 4.78 is 10.7. The van der Waals surface area contributed by atoms with Crippen LogP contribution >= 0.6 is 0 Å². The van der Waals surface area contributed by atoms with E-state index in [1.54, 1.807) is 19.2 Å². The van der Waals surface area contributed by atoms with Gasteiger partial charge in [0.1, 0.15) is 17.9 Å². The van der Waals surface area contributed by atoms with Gasteiger partial charge in [-0.05, 0) is 17.5 Å². The molecule has 0 saturated carbocycles. The van der Waals surface area contributed by atoms with Crippen LogP contribution in [-0.2, 0) is 4.74 Å². The molecule has 2 aromatic rings. The summed E-state index contributed by atoms with van der Waals surface area (Å²) in [5, 5.41) is 12.8. The fourth-order valence-corrected chi connectivity index (χ4v) is 1.93. The van der Waals surface area contributed by atoms with Crippen LogP contribution in [0.5, 0.6) is 0 Å². The van der Waals surface area contributed by atoms with Crippen LogP contribution in [0.3, 0.4) is 0 Å². The first-order valence-corrected chi connectivity index (χ1v) is 6.18. The Labute approximate surface area is 117 Å². The fraction of sp³-hybridized carbons (Fsp3) is 0.429. The number of hydrogen-bond acceptors (Lipinski definition) is 6. The molecule has 20 heavy (non-hydrogen) atoms. The molecule has 0 N–H and O–H groups in total. The number of pyridine rings is 1. The highest BCUT2D eigenvalue weighted by atomic mass is 16.5. The number of aromatic nitrogens is 3. The van der Waals surface area contributed by atoms with E-state index < -0.39 is 0 Å². The molecule has 0 amide bonds. The van der Waals surface area contributed by atoms with Crippen molar-refractivity contribution in [2.75, 3.05) is 7.11 Å². The lowest BCUT2D eigenvalue weighted by atomic mass is 9.88. The molecule has 6 nitrogen and oxygen atoms in total. The first kappa shape index (κ1) is 14.2. The van der Waals surface area contributed by atoms with E-state index >= 15 is 0 Å². The molecule has 2 aromatic heterocycles. The molecule has 1 unspecified atom stereocenters. The zero-order valence-corrected chi connectivity index (χ0v) is 11.9. The van der Waals surface area contributed by atoms with Crippen LogP contribution in [0.2, 0.25) is 0 Å². The zero-order chi connectivity index (χ0) is 14.8. The summed E-state index contributed by atoms with van der Waals surface area (Å²) in [6.45, 7) is 6.12. The molecule has 0 fully saturated rings. The fourth-order valence-electron chi connectivity index (χ4n) is 1.93. The molecule has 0 aliphatic heterocycles. The van der Waals surface area contributed by atoms with Gasteiger partial charge in [0, 0.05) is 18.9 Å². The Hall–Kier alpha value is -2.26. The quantitative estimate of drug-likeness (QED) is 0.854. The number of ether oxygens (including phenoxy) is 1. The molecule has 6 heteroatoms. The third-order valence-electron chi connectivity index (χ3n) is 2.82. The maximum atomic E-state index is 8.85. The van der Waals surface area contributed by atoms with E-state index in [0.29, 0.717) is 23.0 Å². The van der Waals surface area contributed by atoms with E-state index in [1.165, 1.54) is 6.20 Å². The lowest BCUT2D eigenvalue weighted by molar-refractivity contribution is 0.00718. The second-order valence-corrected chi connectivity index (χ2v) is 5.48. The number of methoxy groups -OCH3 is 1. The highest BCUT2D eigenvalue weighted by molar-refractivity contribution is 5.54. The van der Waals surface area contributed by atoms with E-state index in [9.17, 15) is 0 Å². The Bertz CT molecular complexity index is 637. The van der Waals surface area contributed by atoms with Gasteiger partial charge in [0.25, 0.3) is 5.89 Å².